The van der Waals surface area contributed by atoms with E-state index in [1.807, 2.05) is 28.8 Å². The van der Waals surface area contributed by atoms with E-state index in [-0.39, 0.29) is 11.7 Å². The summed E-state index contributed by atoms with van der Waals surface area (Å²) in [6, 6.07) is 15.3. The molecule has 0 fully saturated rings. The van der Waals surface area contributed by atoms with Crippen molar-refractivity contribution in [2.24, 2.45) is 0 Å². The molecule has 0 bridgehead atoms. The van der Waals surface area contributed by atoms with Crippen molar-refractivity contribution in [2.75, 3.05) is 11.1 Å². The molecule has 0 radical (unpaired) electrons. The van der Waals surface area contributed by atoms with Crippen molar-refractivity contribution >= 4 is 46.1 Å². The van der Waals surface area contributed by atoms with E-state index in [9.17, 15) is 4.79 Å². The lowest BCUT2D eigenvalue weighted by Gasteiger charge is -2.15. The molecule has 0 spiro atoms. The Morgan fingerprint density at radius 1 is 1.10 bits per heavy atom. The minimum atomic E-state index is -0.142. The zero-order chi connectivity index (χ0) is 21.3. The van der Waals surface area contributed by atoms with Crippen LogP contribution in [0.4, 0.5) is 5.69 Å². The third-order valence-electron chi connectivity index (χ3n) is 4.72. The highest BCUT2D eigenvalue weighted by molar-refractivity contribution is 7.99. The summed E-state index contributed by atoms with van der Waals surface area (Å²) in [6.45, 7) is 6.26. The van der Waals surface area contributed by atoms with Crippen molar-refractivity contribution in [1.82, 2.24) is 14.5 Å². The molecular formula is C23H21ClN4OS. The fourth-order valence-electron chi connectivity index (χ4n) is 3.59. The van der Waals surface area contributed by atoms with Crippen LogP contribution in [0.5, 0.6) is 0 Å². The summed E-state index contributed by atoms with van der Waals surface area (Å²) in [5.41, 5.74) is 6.72. The first-order valence-electron chi connectivity index (χ1n) is 9.53. The fraction of sp³-hybridized carbons (Fsp3) is 0.174. The third kappa shape index (κ3) is 4.06. The monoisotopic (exact) mass is 436 g/mol. The lowest BCUT2D eigenvalue weighted by atomic mass is 10.1. The van der Waals surface area contributed by atoms with E-state index < -0.39 is 0 Å². The predicted molar refractivity (Wildman–Crippen MR) is 124 cm³/mol. The number of pyridine rings is 1. The molecule has 2 aromatic carbocycles. The number of aromatic nitrogens is 3. The molecule has 7 heteroatoms. The van der Waals surface area contributed by atoms with Gasteiger partial charge in [0.2, 0.25) is 5.91 Å². The molecule has 1 amide bonds. The number of aryl methyl sites for hydroxylation is 3. The van der Waals surface area contributed by atoms with Gasteiger partial charge in [-0.3, -0.25) is 9.36 Å². The molecule has 5 nitrogen and oxygen atoms in total. The quantitative estimate of drug-likeness (QED) is 0.406. The van der Waals surface area contributed by atoms with Gasteiger partial charge < -0.3 is 5.32 Å². The van der Waals surface area contributed by atoms with Gasteiger partial charge in [-0.05, 0) is 56.2 Å². The summed E-state index contributed by atoms with van der Waals surface area (Å²) in [6.07, 6.45) is 1.76. The number of nitrogens with zero attached hydrogens (tertiary/aromatic N) is 3. The Morgan fingerprint density at radius 3 is 2.57 bits per heavy atom. The molecule has 2 heterocycles. The van der Waals surface area contributed by atoms with Crippen molar-refractivity contribution in [1.29, 1.82) is 0 Å². The van der Waals surface area contributed by atoms with E-state index in [4.69, 9.17) is 16.6 Å². The number of halogens is 1. The minimum absolute atomic E-state index is 0.142. The molecule has 0 unspecified atom stereocenters. The van der Waals surface area contributed by atoms with Crippen LogP contribution >= 0.6 is 23.4 Å². The second-order valence-electron chi connectivity index (χ2n) is 7.14. The Hall–Kier alpha value is -2.83. The smallest absolute Gasteiger partial charge is 0.234 e. The highest BCUT2D eigenvalue weighted by Gasteiger charge is 2.18. The number of nitrogens with one attached hydrogen (secondary N) is 1. The van der Waals surface area contributed by atoms with Crippen LogP contribution in [0.1, 0.15) is 16.7 Å². The topological polar surface area (TPSA) is 59.8 Å². The van der Waals surface area contributed by atoms with Gasteiger partial charge in [-0.2, -0.15) is 0 Å². The molecular weight excluding hydrogens is 416 g/mol. The van der Waals surface area contributed by atoms with Gasteiger partial charge in [0.05, 0.1) is 22.2 Å². The number of hydrogen-bond acceptors (Lipinski definition) is 4. The number of carbonyl (C=O) groups excluding carboxylic acids is 1. The number of rotatable bonds is 5. The van der Waals surface area contributed by atoms with Crippen LogP contribution in [0.15, 0.2) is 59.9 Å². The number of fused-ring (bicyclic) bond motifs is 1. The molecule has 4 rings (SSSR count). The number of para-hydroxylation sites is 1. The van der Waals surface area contributed by atoms with Crippen molar-refractivity contribution < 1.29 is 4.79 Å². The van der Waals surface area contributed by atoms with Crippen LogP contribution in [-0.2, 0) is 4.79 Å². The van der Waals surface area contributed by atoms with Gasteiger partial charge in [0.25, 0.3) is 0 Å². The Balaban J connectivity index is 1.68. The molecule has 2 aromatic heterocycles. The SMILES string of the molecule is Cc1cc(C)c(-n2c(SCC(=O)Nc3ccccc3Cl)nc3cccnc32)c(C)c1. The normalized spacial score (nSPS) is 11.1. The summed E-state index contributed by atoms with van der Waals surface area (Å²) in [5.74, 6) is 0.0652. The summed E-state index contributed by atoms with van der Waals surface area (Å²) >= 11 is 7.52. The van der Waals surface area contributed by atoms with E-state index in [0.717, 1.165) is 33.1 Å². The van der Waals surface area contributed by atoms with E-state index in [0.29, 0.717) is 10.7 Å². The molecule has 1 N–H and O–H groups in total. The molecule has 0 saturated heterocycles. The number of benzene rings is 2. The van der Waals surface area contributed by atoms with Gasteiger partial charge in [0.1, 0.15) is 5.52 Å². The maximum atomic E-state index is 12.5. The highest BCUT2D eigenvalue weighted by atomic mass is 35.5. The standard InChI is InChI=1S/C23H21ClN4OS/c1-14-11-15(2)21(16(3)12-14)28-22-19(9-6-10-25-22)27-23(28)30-13-20(29)26-18-8-5-4-7-17(18)24/h4-12H,13H2,1-3H3,(H,26,29). The van der Waals surface area contributed by atoms with E-state index in [1.54, 1.807) is 18.3 Å². The Bertz CT molecular complexity index is 1230. The molecule has 30 heavy (non-hydrogen) atoms. The number of thioether (sulfide) groups is 1. The van der Waals surface area contributed by atoms with Gasteiger partial charge in [-0.25, -0.2) is 9.97 Å². The van der Waals surface area contributed by atoms with Crippen molar-refractivity contribution in [2.45, 2.75) is 25.9 Å². The van der Waals surface area contributed by atoms with E-state index in [2.05, 4.69) is 43.2 Å². The lowest BCUT2D eigenvalue weighted by Crippen LogP contribution is -2.15. The number of hydrogen-bond donors (Lipinski definition) is 1. The van der Waals surface area contributed by atoms with E-state index >= 15 is 0 Å². The van der Waals surface area contributed by atoms with E-state index in [1.165, 1.54) is 17.3 Å². The summed E-state index contributed by atoms with van der Waals surface area (Å²) in [7, 11) is 0. The first kappa shape index (κ1) is 20.4. The van der Waals surface area contributed by atoms with Gasteiger partial charge in [0, 0.05) is 6.20 Å². The number of imidazole rings is 1. The van der Waals surface area contributed by atoms with Gasteiger partial charge in [-0.15, -0.1) is 0 Å². The molecule has 0 aliphatic rings. The maximum absolute atomic E-state index is 12.5. The van der Waals surface area contributed by atoms with Crippen LogP contribution in [0.3, 0.4) is 0 Å². The van der Waals surface area contributed by atoms with Crippen LogP contribution < -0.4 is 5.32 Å². The summed E-state index contributed by atoms with van der Waals surface area (Å²) in [4.78, 5) is 21.8. The van der Waals surface area contributed by atoms with Crippen LogP contribution in [0.2, 0.25) is 5.02 Å². The van der Waals surface area contributed by atoms with Crippen LogP contribution in [0, 0.1) is 20.8 Å². The highest BCUT2D eigenvalue weighted by Crippen LogP contribution is 2.31. The molecule has 0 aliphatic heterocycles. The second kappa shape index (κ2) is 8.50. The van der Waals surface area contributed by atoms with Crippen molar-refractivity contribution in [3.63, 3.8) is 0 Å². The molecule has 4 aromatic rings. The fourth-order valence-corrected chi connectivity index (χ4v) is 4.58. The number of anilines is 1. The first-order valence-corrected chi connectivity index (χ1v) is 10.9. The first-order chi connectivity index (χ1) is 14.4. The van der Waals surface area contributed by atoms with Gasteiger partial charge >= 0.3 is 0 Å². The molecule has 0 atom stereocenters. The molecule has 152 valence electrons. The Kier molecular flexibility index (Phi) is 5.79. The number of carbonyl (C=O) groups is 1. The summed E-state index contributed by atoms with van der Waals surface area (Å²) in [5, 5.41) is 4.10. The largest absolute Gasteiger partial charge is 0.324 e. The third-order valence-corrected chi connectivity index (χ3v) is 5.99. The van der Waals surface area contributed by atoms with Crippen molar-refractivity contribution in [3.8, 4) is 5.69 Å². The zero-order valence-electron chi connectivity index (χ0n) is 16.9. The Morgan fingerprint density at radius 2 is 1.83 bits per heavy atom. The second-order valence-corrected chi connectivity index (χ2v) is 8.49. The average Bonchev–Trinajstić information content (AvgIpc) is 3.06. The van der Waals surface area contributed by atoms with Crippen LogP contribution in [-0.4, -0.2) is 26.2 Å². The zero-order valence-corrected chi connectivity index (χ0v) is 18.5. The maximum Gasteiger partial charge on any atom is 0.234 e. The summed E-state index contributed by atoms with van der Waals surface area (Å²) < 4.78 is 2.05. The minimum Gasteiger partial charge on any atom is -0.324 e. The Labute approximate surface area is 184 Å². The van der Waals surface area contributed by atoms with Crippen molar-refractivity contribution in [3.05, 3.63) is 76.4 Å². The molecule has 0 aliphatic carbocycles. The average molecular weight is 437 g/mol. The van der Waals surface area contributed by atoms with Crippen LogP contribution in [0.25, 0.3) is 16.9 Å². The predicted octanol–water partition coefficient (Wildman–Crippen LogP) is 5.73. The molecule has 0 saturated carbocycles. The van der Waals surface area contributed by atoms with Gasteiger partial charge in [0.15, 0.2) is 10.8 Å². The lowest BCUT2D eigenvalue weighted by molar-refractivity contribution is -0.113. The number of amides is 1. The van der Waals surface area contributed by atoms with Gasteiger partial charge in [-0.1, -0.05) is 53.2 Å².